The van der Waals surface area contributed by atoms with E-state index in [1.54, 1.807) is 6.07 Å². The fourth-order valence-corrected chi connectivity index (χ4v) is 2.50. The second-order valence-electron chi connectivity index (χ2n) is 6.62. The second-order valence-corrected chi connectivity index (χ2v) is 6.62. The number of fused-ring (bicyclic) bond motifs is 1. The summed E-state index contributed by atoms with van der Waals surface area (Å²) >= 11 is 0. The van der Waals surface area contributed by atoms with Gasteiger partial charge in [-0.3, -0.25) is 0 Å². The van der Waals surface area contributed by atoms with Gasteiger partial charge in [-0.1, -0.05) is 6.07 Å². The molecule has 1 aromatic heterocycles. The van der Waals surface area contributed by atoms with Gasteiger partial charge in [0.1, 0.15) is 0 Å². The van der Waals surface area contributed by atoms with Gasteiger partial charge in [-0.15, -0.1) is 0 Å². The first-order chi connectivity index (χ1) is 10.2. The molecule has 118 valence electrons. The van der Waals surface area contributed by atoms with Gasteiger partial charge in [0.25, 0.3) is 6.43 Å². The average molecular weight is 308 g/mol. The molecule has 1 aliphatic rings. The third-order valence-corrected chi connectivity index (χ3v) is 4.51. The third kappa shape index (κ3) is 2.52. The van der Waals surface area contributed by atoms with Gasteiger partial charge in [0, 0.05) is 0 Å². The largest absolute Gasteiger partial charge is 0.494 e. The van der Waals surface area contributed by atoms with E-state index in [1.165, 1.54) is 10.9 Å². The Morgan fingerprint density at radius 3 is 2.41 bits per heavy atom. The fourth-order valence-electron chi connectivity index (χ4n) is 2.50. The Labute approximate surface area is 128 Å². The van der Waals surface area contributed by atoms with E-state index in [1.807, 2.05) is 39.8 Å². The lowest BCUT2D eigenvalue weighted by Crippen LogP contribution is -2.41. The number of nitrogens with zero attached hydrogens (tertiary/aromatic N) is 2. The van der Waals surface area contributed by atoms with Crippen LogP contribution in [0.25, 0.3) is 11.0 Å². The van der Waals surface area contributed by atoms with Gasteiger partial charge >= 0.3 is 7.12 Å². The summed E-state index contributed by atoms with van der Waals surface area (Å²) in [6, 6.07) is 5.46. The van der Waals surface area contributed by atoms with Crippen molar-refractivity contribution in [2.75, 3.05) is 0 Å². The van der Waals surface area contributed by atoms with Crippen LogP contribution in [0.3, 0.4) is 0 Å². The molecule has 0 bridgehead atoms. The lowest BCUT2D eigenvalue weighted by atomic mass is 9.79. The molecule has 0 N–H and O–H groups in total. The molecule has 3 rings (SSSR count). The number of hydrogen-bond acceptors (Lipinski definition) is 3. The molecule has 1 fully saturated rings. The van der Waals surface area contributed by atoms with Crippen molar-refractivity contribution in [3.63, 3.8) is 0 Å². The fraction of sp³-hybridized carbons (Fsp3) is 0.533. The van der Waals surface area contributed by atoms with Crippen molar-refractivity contribution in [1.82, 2.24) is 9.55 Å². The van der Waals surface area contributed by atoms with E-state index in [9.17, 15) is 8.78 Å². The number of imidazole rings is 1. The number of alkyl halides is 2. The van der Waals surface area contributed by atoms with Crippen molar-refractivity contribution in [2.45, 2.75) is 51.9 Å². The molecule has 7 heteroatoms. The molecule has 0 atom stereocenters. The Kier molecular flexibility index (Phi) is 3.53. The molecule has 0 amide bonds. The molecule has 0 radical (unpaired) electrons. The van der Waals surface area contributed by atoms with Gasteiger partial charge in [-0.05, 0) is 45.3 Å². The maximum Gasteiger partial charge on any atom is 0.494 e. The maximum atomic E-state index is 12.5. The first kappa shape index (κ1) is 15.4. The van der Waals surface area contributed by atoms with Crippen molar-refractivity contribution in [3.8, 4) is 0 Å². The SMILES string of the molecule is CC1(C)OB(c2ccc3c(c2)ncn3CC(F)F)OC1(C)C. The van der Waals surface area contributed by atoms with Crippen LogP contribution in [0, 0.1) is 0 Å². The minimum atomic E-state index is -2.40. The molecule has 1 aliphatic heterocycles. The predicted octanol–water partition coefficient (Wildman–Crippen LogP) is 2.60. The summed E-state index contributed by atoms with van der Waals surface area (Å²) in [5.41, 5.74) is 1.35. The van der Waals surface area contributed by atoms with Crippen molar-refractivity contribution in [2.24, 2.45) is 0 Å². The molecule has 0 unspecified atom stereocenters. The zero-order chi connectivity index (χ0) is 16.1. The molecule has 0 saturated carbocycles. The summed E-state index contributed by atoms with van der Waals surface area (Å²) in [6.45, 7) is 7.60. The standard InChI is InChI=1S/C15H19BF2N2O2/c1-14(2)15(3,4)22-16(21-14)10-5-6-12-11(7-10)19-9-20(12)8-13(17)18/h5-7,9,13H,8H2,1-4H3. The number of hydrogen-bond donors (Lipinski definition) is 0. The van der Waals surface area contributed by atoms with E-state index in [-0.39, 0.29) is 6.54 Å². The van der Waals surface area contributed by atoms with Crippen LogP contribution in [-0.4, -0.2) is 34.3 Å². The summed E-state index contributed by atoms with van der Waals surface area (Å²) in [4.78, 5) is 4.19. The summed E-state index contributed by atoms with van der Waals surface area (Å²) in [7, 11) is -0.477. The molecule has 1 saturated heterocycles. The Bertz CT molecular complexity index is 684. The quantitative estimate of drug-likeness (QED) is 0.818. The van der Waals surface area contributed by atoms with Crippen LogP contribution in [-0.2, 0) is 15.9 Å². The van der Waals surface area contributed by atoms with Crippen molar-refractivity contribution in [3.05, 3.63) is 24.5 Å². The minimum Gasteiger partial charge on any atom is -0.399 e. The van der Waals surface area contributed by atoms with Crippen molar-refractivity contribution >= 4 is 23.6 Å². The molecule has 22 heavy (non-hydrogen) atoms. The van der Waals surface area contributed by atoms with Crippen LogP contribution < -0.4 is 5.46 Å². The van der Waals surface area contributed by atoms with Crippen LogP contribution in [0.15, 0.2) is 24.5 Å². The molecular weight excluding hydrogens is 289 g/mol. The van der Waals surface area contributed by atoms with E-state index in [0.717, 1.165) is 5.46 Å². The summed E-state index contributed by atoms with van der Waals surface area (Å²) in [6.07, 6.45) is -0.967. The predicted molar refractivity (Wildman–Crippen MR) is 81.5 cm³/mol. The Balaban J connectivity index is 1.91. The van der Waals surface area contributed by atoms with E-state index in [2.05, 4.69) is 4.98 Å². The number of aromatic nitrogens is 2. The number of rotatable bonds is 3. The number of benzene rings is 1. The van der Waals surface area contributed by atoms with Crippen LogP contribution in [0.2, 0.25) is 0 Å². The summed E-state index contributed by atoms with van der Waals surface area (Å²) in [5, 5.41) is 0. The van der Waals surface area contributed by atoms with E-state index in [0.29, 0.717) is 11.0 Å². The molecule has 0 aliphatic carbocycles. The normalized spacial score (nSPS) is 20.2. The highest BCUT2D eigenvalue weighted by Gasteiger charge is 2.51. The molecular formula is C15H19BF2N2O2. The highest BCUT2D eigenvalue weighted by molar-refractivity contribution is 6.62. The maximum absolute atomic E-state index is 12.5. The van der Waals surface area contributed by atoms with Gasteiger partial charge in [-0.25, -0.2) is 13.8 Å². The molecule has 1 aromatic carbocycles. The van der Waals surface area contributed by atoms with E-state index in [4.69, 9.17) is 9.31 Å². The summed E-state index contributed by atoms with van der Waals surface area (Å²) in [5.74, 6) is 0. The minimum absolute atomic E-state index is 0.355. The zero-order valence-corrected chi connectivity index (χ0v) is 13.1. The average Bonchev–Trinajstić information content (AvgIpc) is 2.88. The van der Waals surface area contributed by atoms with Gasteiger partial charge in [0.15, 0.2) is 0 Å². The van der Waals surface area contributed by atoms with Gasteiger partial charge in [0.05, 0.1) is 35.1 Å². The zero-order valence-electron chi connectivity index (χ0n) is 13.1. The first-order valence-corrected chi connectivity index (χ1v) is 7.28. The van der Waals surface area contributed by atoms with E-state index >= 15 is 0 Å². The molecule has 4 nitrogen and oxygen atoms in total. The Hall–Kier alpha value is -1.47. The van der Waals surface area contributed by atoms with Crippen LogP contribution in [0.4, 0.5) is 8.78 Å². The second kappa shape index (κ2) is 5.03. The Morgan fingerprint density at radius 2 is 1.82 bits per heavy atom. The topological polar surface area (TPSA) is 36.3 Å². The van der Waals surface area contributed by atoms with Crippen LogP contribution >= 0.6 is 0 Å². The third-order valence-electron chi connectivity index (χ3n) is 4.51. The highest BCUT2D eigenvalue weighted by Crippen LogP contribution is 2.36. The molecule has 2 heterocycles. The van der Waals surface area contributed by atoms with Gasteiger partial charge in [0.2, 0.25) is 0 Å². The molecule has 2 aromatic rings. The Morgan fingerprint density at radius 1 is 1.18 bits per heavy atom. The first-order valence-electron chi connectivity index (χ1n) is 7.28. The monoisotopic (exact) mass is 308 g/mol. The lowest BCUT2D eigenvalue weighted by Gasteiger charge is -2.32. The van der Waals surface area contributed by atoms with Gasteiger partial charge < -0.3 is 13.9 Å². The van der Waals surface area contributed by atoms with Crippen molar-refractivity contribution < 1.29 is 18.1 Å². The summed E-state index contributed by atoms with van der Waals surface area (Å²) < 4.78 is 38.5. The lowest BCUT2D eigenvalue weighted by molar-refractivity contribution is 0.00578. The van der Waals surface area contributed by atoms with E-state index < -0.39 is 24.7 Å². The highest BCUT2D eigenvalue weighted by atomic mass is 19.3. The number of halogens is 2. The van der Waals surface area contributed by atoms with Crippen LogP contribution in [0.1, 0.15) is 27.7 Å². The smallest absolute Gasteiger partial charge is 0.399 e. The molecule has 0 spiro atoms. The van der Waals surface area contributed by atoms with Crippen molar-refractivity contribution in [1.29, 1.82) is 0 Å². The van der Waals surface area contributed by atoms with Gasteiger partial charge in [-0.2, -0.15) is 0 Å². The van der Waals surface area contributed by atoms with Crippen LogP contribution in [0.5, 0.6) is 0 Å².